The second-order valence-corrected chi connectivity index (χ2v) is 10.7. The Bertz CT molecular complexity index is 1920. The highest BCUT2D eigenvalue weighted by Gasteiger charge is 2.29. The maximum atomic E-state index is 13.3. The van der Waals surface area contributed by atoms with Crippen LogP contribution >= 0.6 is 0 Å². The lowest BCUT2D eigenvalue weighted by atomic mass is 9.93. The molecule has 0 fully saturated rings. The molecule has 0 unspecified atom stereocenters. The first-order valence-electron chi connectivity index (χ1n) is 15.2. The van der Waals surface area contributed by atoms with Crippen molar-refractivity contribution in [1.29, 1.82) is 10.5 Å². The smallest absolute Gasteiger partial charge is 0.340 e. The van der Waals surface area contributed by atoms with E-state index in [1.54, 1.807) is 72.5 Å². The molecule has 49 heavy (non-hydrogen) atoms. The third-order valence-corrected chi connectivity index (χ3v) is 7.64. The van der Waals surface area contributed by atoms with Crippen molar-refractivity contribution in [3.63, 3.8) is 0 Å². The number of methoxy groups -OCH3 is 2. The van der Waals surface area contributed by atoms with Crippen LogP contribution in [0.4, 0.5) is 0 Å². The molecule has 0 radical (unpaired) electrons. The summed E-state index contributed by atoms with van der Waals surface area (Å²) < 4.78 is 15.3. The predicted octanol–water partition coefficient (Wildman–Crippen LogP) is 4.06. The molecule has 0 saturated carbocycles. The minimum absolute atomic E-state index is 0.0242. The lowest BCUT2D eigenvalue weighted by Crippen LogP contribution is -2.32. The molecule has 13 nitrogen and oxygen atoms in total. The van der Waals surface area contributed by atoms with E-state index in [4.69, 9.17) is 14.2 Å². The van der Waals surface area contributed by atoms with Crippen LogP contribution in [0.15, 0.2) is 70.3 Å². The molecule has 0 atom stereocenters. The number of nitriles is 2. The van der Waals surface area contributed by atoms with Crippen LogP contribution in [0.2, 0.25) is 0 Å². The van der Waals surface area contributed by atoms with Crippen LogP contribution in [0.3, 0.4) is 0 Å². The Balaban J connectivity index is 1.93. The SMILES string of the molecule is CCOC(=O)CCCN(Cc1[nH]c(=O)c(C#N)c(-c2ccccc2)c1C(=O)OC)Cc1[nH]c(=O)c(C#N)c(-c2ccccc2)c1C(=O)OC. The van der Waals surface area contributed by atoms with E-state index in [1.165, 1.54) is 14.2 Å². The van der Waals surface area contributed by atoms with Gasteiger partial charge in [-0.2, -0.15) is 10.5 Å². The molecule has 0 saturated heterocycles. The van der Waals surface area contributed by atoms with Crippen molar-refractivity contribution in [2.45, 2.75) is 32.9 Å². The minimum Gasteiger partial charge on any atom is -0.466 e. The molecule has 2 aromatic heterocycles. The molecular weight excluding hydrogens is 630 g/mol. The molecule has 4 aromatic rings. The standard InChI is InChI=1S/C36H33N5O8/c1-4-49-28(42)16-11-17-41(20-26-31(35(45)47-2)29(22-12-7-5-8-13-22)24(18-37)33(43)39-26)21-27-32(36(46)48-3)30(23-14-9-6-10-15-23)25(19-38)34(44)40-27/h5-10,12-15H,4,11,16-17,20-21H2,1-3H3,(H,39,43)(H,40,44). The number of benzene rings is 2. The average molecular weight is 664 g/mol. The summed E-state index contributed by atoms with van der Waals surface area (Å²) >= 11 is 0. The van der Waals surface area contributed by atoms with Gasteiger partial charge in [-0.3, -0.25) is 19.3 Å². The molecular formula is C36H33N5O8. The fourth-order valence-corrected chi connectivity index (χ4v) is 5.54. The van der Waals surface area contributed by atoms with Gasteiger partial charge in [0, 0.05) is 42.0 Å². The monoisotopic (exact) mass is 663 g/mol. The number of nitrogens with zero attached hydrogens (tertiary/aromatic N) is 3. The van der Waals surface area contributed by atoms with Gasteiger partial charge in [-0.05, 0) is 31.0 Å². The molecule has 0 spiro atoms. The van der Waals surface area contributed by atoms with E-state index in [2.05, 4.69) is 9.97 Å². The summed E-state index contributed by atoms with van der Waals surface area (Å²) in [5.74, 6) is -2.08. The Morgan fingerprint density at radius 3 is 1.53 bits per heavy atom. The zero-order valence-electron chi connectivity index (χ0n) is 27.1. The Hall–Kier alpha value is -6.31. The summed E-state index contributed by atoms with van der Waals surface area (Å²) in [5.41, 5.74) is -1.01. The first-order valence-corrected chi connectivity index (χ1v) is 15.2. The van der Waals surface area contributed by atoms with E-state index in [1.807, 2.05) is 12.1 Å². The number of carbonyl (C=O) groups excluding carboxylic acids is 3. The van der Waals surface area contributed by atoms with Crippen molar-refractivity contribution in [3.05, 3.63) is 115 Å². The number of aromatic amines is 2. The minimum atomic E-state index is -0.818. The molecule has 2 heterocycles. The Morgan fingerprint density at radius 1 is 0.735 bits per heavy atom. The van der Waals surface area contributed by atoms with Crippen LogP contribution < -0.4 is 11.1 Å². The summed E-state index contributed by atoms with van der Waals surface area (Å²) in [5, 5.41) is 19.9. The summed E-state index contributed by atoms with van der Waals surface area (Å²) in [6.45, 7) is 1.68. The first-order chi connectivity index (χ1) is 23.7. The topological polar surface area (TPSA) is 195 Å². The second kappa shape index (κ2) is 16.5. The van der Waals surface area contributed by atoms with Gasteiger partial charge in [0.2, 0.25) is 0 Å². The molecule has 2 aromatic carbocycles. The van der Waals surface area contributed by atoms with Crippen LogP contribution in [-0.2, 0) is 32.1 Å². The summed E-state index contributed by atoms with van der Waals surface area (Å²) in [6.07, 6.45) is 0.272. The summed E-state index contributed by atoms with van der Waals surface area (Å²) in [7, 11) is 2.34. The van der Waals surface area contributed by atoms with Gasteiger partial charge in [-0.15, -0.1) is 0 Å². The van der Waals surface area contributed by atoms with Crippen LogP contribution in [0.5, 0.6) is 0 Å². The van der Waals surface area contributed by atoms with Crippen LogP contribution in [0.25, 0.3) is 22.3 Å². The molecule has 0 aliphatic rings. The Morgan fingerprint density at radius 2 is 1.16 bits per heavy atom. The fourth-order valence-electron chi connectivity index (χ4n) is 5.54. The third kappa shape index (κ3) is 7.99. The van der Waals surface area contributed by atoms with E-state index in [0.717, 1.165) is 0 Å². The normalized spacial score (nSPS) is 10.6. The van der Waals surface area contributed by atoms with Gasteiger partial charge in [0.05, 0.1) is 32.0 Å². The number of aromatic nitrogens is 2. The Labute approximate surface area is 281 Å². The van der Waals surface area contributed by atoms with E-state index in [9.17, 15) is 34.5 Å². The van der Waals surface area contributed by atoms with E-state index in [-0.39, 0.29) is 83.9 Å². The number of hydrogen-bond acceptors (Lipinski definition) is 11. The van der Waals surface area contributed by atoms with Crippen molar-refractivity contribution in [1.82, 2.24) is 14.9 Å². The number of ether oxygens (including phenoxy) is 3. The fraction of sp³-hybridized carbons (Fsp3) is 0.250. The quantitative estimate of drug-likeness (QED) is 0.155. The van der Waals surface area contributed by atoms with E-state index >= 15 is 0 Å². The summed E-state index contributed by atoms with van der Waals surface area (Å²) in [6, 6.07) is 20.7. The number of nitrogens with one attached hydrogen (secondary N) is 2. The number of rotatable bonds is 13. The van der Waals surface area contributed by atoms with Crippen molar-refractivity contribution >= 4 is 17.9 Å². The maximum Gasteiger partial charge on any atom is 0.340 e. The van der Waals surface area contributed by atoms with E-state index < -0.39 is 29.0 Å². The van der Waals surface area contributed by atoms with Gasteiger partial charge in [-0.25, -0.2) is 9.59 Å². The number of hydrogen-bond donors (Lipinski definition) is 2. The number of pyridine rings is 2. The molecule has 0 bridgehead atoms. The largest absolute Gasteiger partial charge is 0.466 e. The van der Waals surface area contributed by atoms with Crippen LogP contribution in [0, 0.1) is 22.7 Å². The van der Waals surface area contributed by atoms with Crippen LogP contribution in [-0.4, -0.2) is 60.1 Å². The lowest BCUT2D eigenvalue weighted by Gasteiger charge is -2.25. The van der Waals surface area contributed by atoms with Gasteiger partial charge in [0.15, 0.2) is 0 Å². The average Bonchev–Trinajstić information content (AvgIpc) is 3.11. The highest BCUT2D eigenvalue weighted by atomic mass is 16.5. The van der Waals surface area contributed by atoms with Gasteiger partial charge in [0.1, 0.15) is 23.3 Å². The highest BCUT2D eigenvalue weighted by molar-refractivity contribution is 6.00. The van der Waals surface area contributed by atoms with Gasteiger partial charge >= 0.3 is 17.9 Å². The molecule has 0 aliphatic heterocycles. The number of esters is 3. The van der Waals surface area contributed by atoms with Gasteiger partial charge in [-0.1, -0.05) is 60.7 Å². The zero-order valence-corrected chi connectivity index (χ0v) is 27.1. The van der Waals surface area contributed by atoms with Crippen molar-refractivity contribution in [3.8, 4) is 34.4 Å². The molecule has 2 N–H and O–H groups in total. The highest BCUT2D eigenvalue weighted by Crippen LogP contribution is 2.31. The van der Waals surface area contributed by atoms with Gasteiger partial charge in [0.25, 0.3) is 11.1 Å². The van der Waals surface area contributed by atoms with Crippen LogP contribution in [0.1, 0.15) is 63.0 Å². The van der Waals surface area contributed by atoms with E-state index in [0.29, 0.717) is 11.1 Å². The third-order valence-electron chi connectivity index (χ3n) is 7.64. The molecule has 4 rings (SSSR count). The zero-order chi connectivity index (χ0) is 35.5. The Kier molecular flexibility index (Phi) is 12.0. The maximum absolute atomic E-state index is 13.3. The number of H-pyrrole nitrogens is 2. The molecule has 0 amide bonds. The first kappa shape index (κ1) is 35.5. The summed E-state index contributed by atoms with van der Waals surface area (Å²) in [4.78, 5) is 72.5. The molecule has 13 heteroatoms. The number of carbonyl (C=O) groups is 3. The lowest BCUT2D eigenvalue weighted by molar-refractivity contribution is -0.143. The molecule has 250 valence electrons. The van der Waals surface area contributed by atoms with Crippen molar-refractivity contribution in [2.24, 2.45) is 0 Å². The second-order valence-electron chi connectivity index (χ2n) is 10.7. The molecule has 0 aliphatic carbocycles. The van der Waals surface area contributed by atoms with Gasteiger partial charge < -0.3 is 24.2 Å². The van der Waals surface area contributed by atoms with Crippen molar-refractivity contribution < 1.29 is 28.6 Å². The van der Waals surface area contributed by atoms with Crippen molar-refractivity contribution in [2.75, 3.05) is 27.4 Å². The predicted molar refractivity (Wildman–Crippen MR) is 177 cm³/mol.